The Balaban J connectivity index is 1.31. The zero-order valence-electron chi connectivity index (χ0n) is 17.8. The van der Waals surface area contributed by atoms with Crippen LogP contribution in [0.2, 0.25) is 5.02 Å². The molecule has 0 aliphatic carbocycles. The van der Waals surface area contributed by atoms with Crippen molar-refractivity contribution in [1.82, 2.24) is 24.9 Å². The Morgan fingerprint density at radius 3 is 2.61 bits per heavy atom. The normalized spacial score (nSPS) is 11.2. The van der Waals surface area contributed by atoms with E-state index in [1.807, 2.05) is 41.8 Å². The molecule has 0 saturated carbocycles. The van der Waals surface area contributed by atoms with Crippen molar-refractivity contribution in [3.8, 4) is 27.8 Å². The summed E-state index contributed by atoms with van der Waals surface area (Å²) < 4.78 is 7.50. The van der Waals surface area contributed by atoms with Crippen molar-refractivity contribution in [3.63, 3.8) is 0 Å². The van der Waals surface area contributed by atoms with E-state index in [-0.39, 0.29) is 0 Å². The van der Waals surface area contributed by atoms with Gasteiger partial charge in [0.2, 0.25) is 11.7 Å². The van der Waals surface area contributed by atoms with Crippen LogP contribution in [0.25, 0.3) is 27.8 Å². The highest BCUT2D eigenvalue weighted by Crippen LogP contribution is 2.29. The number of aryl methyl sites for hydroxylation is 2. The molecule has 0 fully saturated rings. The fraction of sp³-hybridized carbons (Fsp3) is 0.167. The van der Waals surface area contributed by atoms with Crippen molar-refractivity contribution >= 4 is 34.7 Å². The van der Waals surface area contributed by atoms with E-state index in [0.717, 1.165) is 39.3 Å². The van der Waals surface area contributed by atoms with Crippen molar-refractivity contribution < 1.29 is 4.52 Å². The quantitative estimate of drug-likeness (QED) is 0.176. The smallest absolute Gasteiger partial charge is 0.227 e. The van der Waals surface area contributed by atoms with Crippen molar-refractivity contribution in [1.29, 1.82) is 0 Å². The first-order chi connectivity index (χ1) is 16.2. The van der Waals surface area contributed by atoms with Crippen LogP contribution in [0.15, 0.2) is 75.7 Å². The van der Waals surface area contributed by atoms with Gasteiger partial charge in [-0.15, -0.1) is 21.5 Å². The highest BCUT2D eigenvalue weighted by atomic mass is 35.5. The zero-order chi connectivity index (χ0) is 22.6. The Kier molecular flexibility index (Phi) is 6.57. The van der Waals surface area contributed by atoms with Crippen LogP contribution in [-0.4, -0.2) is 30.7 Å². The molecule has 9 heteroatoms. The van der Waals surface area contributed by atoms with Crippen LogP contribution in [0, 0.1) is 6.92 Å². The Hall–Kier alpha value is -2.94. The molecule has 5 aromatic rings. The molecule has 3 heterocycles. The van der Waals surface area contributed by atoms with Gasteiger partial charge in [-0.1, -0.05) is 52.3 Å². The largest absolute Gasteiger partial charge is 0.339 e. The van der Waals surface area contributed by atoms with E-state index in [1.165, 1.54) is 5.56 Å². The van der Waals surface area contributed by atoms with Gasteiger partial charge in [0.1, 0.15) is 0 Å². The number of nitrogens with zero attached hydrogens (tertiary/aromatic N) is 5. The molecule has 0 bridgehead atoms. The second-order valence-electron chi connectivity index (χ2n) is 7.43. The minimum Gasteiger partial charge on any atom is -0.339 e. The van der Waals surface area contributed by atoms with E-state index in [4.69, 9.17) is 16.1 Å². The van der Waals surface area contributed by atoms with Gasteiger partial charge in [-0.2, -0.15) is 4.98 Å². The van der Waals surface area contributed by atoms with Crippen LogP contribution in [0.1, 0.15) is 17.9 Å². The predicted molar refractivity (Wildman–Crippen MR) is 133 cm³/mol. The van der Waals surface area contributed by atoms with Gasteiger partial charge in [0.05, 0.1) is 4.88 Å². The molecule has 0 N–H and O–H groups in total. The minimum absolute atomic E-state index is 0.652. The summed E-state index contributed by atoms with van der Waals surface area (Å²) in [6, 6.07) is 20.0. The Morgan fingerprint density at radius 1 is 1.03 bits per heavy atom. The van der Waals surface area contributed by atoms with Gasteiger partial charge < -0.3 is 4.52 Å². The SMILES string of the molecule is Cc1ccc(-n2c(SCCCc3nc(-c4cccs4)no3)nnc2-c2ccc(Cl)cc2)cc1. The maximum atomic E-state index is 6.08. The van der Waals surface area contributed by atoms with Crippen LogP contribution < -0.4 is 0 Å². The van der Waals surface area contributed by atoms with Crippen molar-refractivity contribution in [2.75, 3.05) is 5.75 Å². The molecule has 3 aromatic heterocycles. The third kappa shape index (κ3) is 5.03. The van der Waals surface area contributed by atoms with E-state index >= 15 is 0 Å². The highest BCUT2D eigenvalue weighted by Gasteiger charge is 2.16. The monoisotopic (exact) mass is 493 g/mol. The highest BCUT2D eigenvalue weighted by molar-refractivity contribution is 7.99. The average Bonchev–Trinajstić information content (AvgIpc) is 3.58. The number of rotatable bonds is 8. The molecule has 6 nitrogen and oxygen atoms in total. The lowest BCUT2D eigenvalue weighted by atomic mass is 10.2. The predicted octanol–water partition coefficient (Wildman–Crippen LogP) is 6.73. The molecule has 2 aromatic carbocycles. The maximum absolute atomic E-state index is 6.08. The van der Waals surface area contributed by atoms with E-state index < -0.39 is 0 Å². The Morgan fingerprint density at radius 2 is 1.85 bits per heavy atom. The third-order valence-electron chi connectivity index (χ3n) is 5.00. The van der Waals surface area contributed by atoms with Gasteiger partial charge >= 0.3 is 0 Å². The van der Waals surface area contributed by atoms with E-state index in [9.17, 15) is 0 Å². The fourth-order valence-corrected chi connectivity index (χ4v) is 4.99. The van der Waals surface area contributed by atoms with Crippen molar-refractivity contribution in [2.24, 2.45) is 0 Å². The third-order valence-corrected chi connectivity index (χ3v) is 7.14. The first-order valence-corrected chi connectivity index (χ1v) is 12.7. The Labute approximate surface area is 204 Å². The molecule has 0 radical (unpaired) electrons. The molecule has 0 atom stereocenters. The van der Waals surface area contributed by atoms with Gasteiger partial charge in [-0.3, -0.25) is 4.57 Å². The van der Waals surface area contributed by atoms with E-state index in [0.29, 0.717) is 23.2 Å². The van der Waals surface area contributed by atoms with Crippen molar-refractivity contribution in [2.45, 2.75) is 24.9 Å². The average molecular weight is 494 g/mol. The van der Waals surface area contributed by atoms with Crippen LogP contribution >= 0.6 is 34.7 Å². The Bertz CT molecular complexity index is 1330. The second kappa shape index (κ2) is 9.91. The zero-order valence-corrected chi connectivity index (χ0v) is 20.2. The van der Waals surface area contributed by atoms with Crippen LogP contribution in [-0.2, 0) is 6.42 Å². The summed E-state index contributed by atoms with van der Waals surface area (Å²) in [6.45, 7) is 2.08. The summed E-state index contributed by atoms with van der Waals surface area (Å²) >= 11 is 9.35. The number of hydrogen-bond donors (Lipinski definition) is 0. The van der Waals surface area contributed by atoms with E-state index in [1.54, 1.807) is 23.1 Å². The van der Waals surface area contributed by atoms with Gasteiger partial charge in [-0.25, -0.2) is 0 Å². The maximum Gasteiger partial charge on any atom is 0.227 e. The number of hydrogen-bond acceptors (Lipinski definition) is 7. The molecular formula is C24H20ClN5OS2. The van der Waals surface area contributed by atoms with E-state index in [2.05, 4.69) is 56.1 Å². The summed E-state index contributed by atoms with van der Waals surface area (Å²) in [5.74, 6) is 2.94. The fourth-order valence-electron chi connectivity index (χ4n) is 3.33. The molecular weight excluding hydrogens is 474 g/mol. The summed E-state index contributed by atoms with van der Waals surface area (Å²) in [6.07, 6.45) is 1.60. The van der Waals surface area contributed by atoms with Gasteiger partial charge in [0.25, 0.3) is 0 Å². The lowest BCUT2D eigenvalue weighted by Crippen LogP contribution is -2.00. The molecule has 0 aliphatic rings. The molecule has 166 valence electrons. The molecule has 0 aliphatic heterocycles. The summed E-state index contributed by atoms with van der Waals surface area (Å²) in [5, 5.41) is 16.6. The molecule has 0 saturated heterocycles. The van der Waals surface area contributed by atoms with Gasteiger partial charge in [-0.05, 0) is 61.2 Å². The summed E-state index contributed by atoms with van der Waals surface area (Å²) in [5.41, 5.74) is 3.19. The van der Waals surface area contributed by atoms with Gasteiger partial charge in [0, 0.05) is 28.4 Å². The lowest BCUT2D eigenvalue weighted by Gasteiger charge is -2.11. The molecule has 0 unspecified atom stereocenters. The minimum atomic E-state index is 0.652. The molecule has 33 heavy (non-hydrogen) atoms. The van der Waals surface area contributed by atoms with Crippen LogP contribution in [0.4, 0.5) is 0 Å². The number of aromatic nitrogens is 5. The molecule has 5 rings (SSSR count). The molecule has 0 amide bonds. The van der Waals surface area contributed by atoms with Gasteiger partial charge in [0.15, 0.2) is 11.0 Å². The summed E-state index contributed by atoms with van der Waals surface area (Å²) in [7, 11) is 0. The number of benzene rings is 2. The summed E-state index contributed by atoms with van der Waals surface area (Å²) in [4.78, 5) is 5.52. The van der Waals surface area contributed by atoms with Crippen LogP contribution in [0.3, 0.4) is 0 Å². The number of thiophene rings is 1. The topological polar surface area (TPSA) is 69.6 Å². The standard InChI is InChI=1S/C24H20ClN5OS2/c1-16-6-12-19(13-7-16)30-23(17-8-10-18(25)11-9-17)27-28-24(30)33-15-3-5-21-26-22(29-31-21)20-4-2-14-32-20/h2,4,6-14H,3,5,15H2,1H3. The number of halogens is 1. The number of thioether (sulfide) groups is 1. The first kappa shape index (κ1) is 21.9. The lowest BCUT2D eigenvalue weighted by molar-refractivity contribution is 0.378. The first-order valence-electron chi connectivity index (χ1n) is 10.4. The van der Waals surface area contributed by atoms with Crippen molar-refractivity contribution in [3.05, 3.63) is 82.5 Å². The molecule has 0 spiro atoms. The second-order valence-corrected chi connectivity index (χ2v) is 9.87. The van der Waals surface area contributed by atoms with Crippen LogP contribution in [0.5, 0.6) is 0 Å².